The number of nitrogens with zero attached hydrogens (tertiary/aromatic N) is 1. The number of nitrogens with one attached hydrogen (secondary N) is 1. The summed E-state index contributed by atoms with van der Waals surface area (Å²) in [5.74, 6) is 0. The largest absolute Gasteiger partial charge is 0.380 e. The lowest BCUT2D eigenvalue weighted by atomic mass is 10.3. The molecule has 0 amide bonds. The zero-order chi connectivity index (χ0) is 15.2. The van der Waals surface area contributed by atoms with Gasteiger partial charge in [-0.3, -0.25) is 0 Å². The fourth-order valence-electron chi connectivity index (χ4n) is 1.64. The summed E-state index contributed by atoms with van der Waals surface area (Å²) in [6.45, 7) is 8.84. The Morgan fingerprint density at radius 1 is 1.40 bits per heavy atom. The number of hydrogen-bond acceptors (Lipinski definition) is 5. The Bertz CT molecular complexity index is 512. The monoisotopic (exact) mass is 320 g/mol. The molecule has 1 heterocycles. The first-order valence-electron chi connectivity index (χ1n) is 6.77. The first-order valence-corrected chi connectivity index (χ1v) is 9.03. The van der Waals surface area contributed by atoms with E-state index in [9.17, 15) is 8.42 Å². The number of rotatable bonds is 9. The van der Waals surface area contributed by atoms with Gasteiger partial charge in [-0.15, -0.1) is 11.3 Å². The predicted octanol–water partition coefficient (Wildman–Crippen LogP) is 1.82. The number of hydrogen-bond donors (Lipinski definition) is 1. The van der Waals surface area contributed by atoms with E-state index in [2.05, 4.69) is 5.32 Å². The van der Waals surface area contributed by atoms with Crippen LogP contribution >= 0.6 is 11.3 Å². The highest BCUT2D eigenvalue weighted by atomic mass is 32.2. The molecule has 0 atom stereocenters. The fourth-order valence-corrected chi connectivity index (χ4v) is 4.57. The smallest absolute Gasteiger partial charge is 0.252 e. The van der Waals surface area contributed by atoms with E-state index in [0.717, 1.165) is 17.0 Å². The molecule has 1 rings (SSSR count). The first kappa shape index (κ1) is 17.6. The van der Waals surface area contributed by atoms with Crippen LogP contribution in [0.25, 0.3) is 0 Å². The lowest BCUT2D eigenvalue weighted by Gasteiger charge is -2.15. The molecule has 0 aliphatic rings. The Hall–Kier alpha value is -0.470. The highest BCUT2D eigenvalue weighted by Gasteiger charge is 2.23. The summed E-state index contributed by atoms with van der Waals surface area (Å²) < 4.78 is 31.8. The highest BCUT2D eigenvalue weighted by molar-refractivity contribution is 7.91. The molecular weight excluding hydrogens is 296 g/mol. The van der Waals surface area contributed by atoms with Crippen LogP contribution in [0, 0.1) is 6.92 Å². The van der Waals surface area contributed by atoms with Crippen molar-refractivity contribution >= 4 is 21.4 Å². The van der Waals surface area contributed by atoms with Crippen molar-refractivity contribution in [1.29, 1.82) is 0 Å². The van der Waals surface area contributed by atoms with E-state index in [1.807, 2.05) is 20.8 Å². The van der Waals surface area contributed by atoms with E-state index in [1.165, 1.54) is 15.6 Å². The van der Waals surface area contributed by atoms with E-state index in [1.54, 1.807) is 13.1 Å². The van der Waals surface area contributed by atoms with E-state index in [0.29, 0.717) is 30.5 Å². The summed E-state index contributed by atoms with van der Waals surface area (Å²) in [6.07, 6.45) is 0. The summed E-state index contributed by atoms with van der Waals surface area (Å²) in [5, 5.41) is 3.22. The van der Waals surface area contributed by atoms with Gasteiger partial charge in [0.1, 0.15) is 4.21 Å². The van der Waals surface area contributed by atoms with Crippen molar-refractivity contribution in [3.8, 4) is 0 Å². The Balaban J connectivity index is 2.81. The van der Waals surface area contributed by atoms with E-state index >= 15 is 0 Å². The third-order valence-electron chi connectivity index (χ3n) is 2.95. The molecule has 0 aliphatic heterocycles. The van der Waals surface area contributed by atoms with E-state index in [-0.39, 0.29) is 0 Å². The maximum atomic E-state index is 12.4. The van der Waals surface area contributed by atoms with Crippen molar-refractivity contribution in [1.82, 2.24) is 9.62 Å². The molecule has 0 saturated heterocycles. The summed E-state index contributed by atoms with van der Waals surface area (Å²) in [6, 6.07) is 1.75. The van der Waals surface area contributed by atoms with Crippen LogP contribution in [0.5, 0.6) is 0 Å². The quantitative estimate of drug-likeness (QED) is 0.705. The molecule has 0 saturated carbocycles. The first-order chi connectivity index (χ1) is 9.43. The Morgan fingerprint density at radius 2 is 2.10 bits per heavy atom. The van der Waals surface area contributed by atoms with Gasteiger partial charge < -0.3 is 10.1 Å². The number of likely N-dealkylation sites (N-methyl/N-ethyl adjacent to an activating group) is 1. The molecule has 0 radical (unpaired) electrons. The fraction of sp³-hybridized carbons (Fsp3) is 0.692. The maximum Gasteiger partial charge on any atom is 0.252 e. The number of sulfonamides is 1. The van der Waals surface area contributed by atoms with Crippen molar-refractivity contribution in [2.24, 2.45) is 0 Å². The van der Waals surface area contributed by atoms with Crippen molar-refractivity contribution in [2.45, 2.75) is 31.5 Å². The molecule has 0 spiro atoms. The third-order valence-corrected chi connectivity index (χ3v) is 6.50. The van der Waals surface area contributed by atoms with Gasteiger partial charge in [-0.2, -0.15) is 4.31 Å². The lowest BCUT2D eigenvalue weighted by molar-refractivity contribution is 0.138. The van der Waals surface area contributed by atoms with Crippen LogP contribution in [-0.2, 0) is 21.3 Å². The van der Waals surface area contributed by atoms with Crippen LogP contribution in [-0.4, -0.2) is 46.1 Å². The van der Waals surface area contributed by atoms with E-state index < -0.39 is 10.0 Å². The second kappa shape index (κ2) is 8.09. The summed E-state index contributed by atoms with van der Waals surface area (Å²) in [4.78, 5) is 1.07. The van der Waals surface area contributed by atoms with E-state index in [4.69, 9.17) is 4.74 Å². The molecule has 116 valence electrons. The van der Waals surface area contributed by atoms with Crippen molar-refractivity contribution < 1.29 is 13.2 Å². The summed E-state index contributed by atoms with van der Waals surface area (Å²) in [5.41, 5.74) is 1.02. The van der Waals surface area contributed by atoms with Gasteiger partial charge in [0.25, 0.3) is 10.0 Å². The number of thiophene rings is 1. The van der Waals surface area contributed by atoms with Gasteiger partial charge in [-0.05, 0) is 32.0 Å². The zero-order valence-electron chi connectivity index (χ0n) is 12.6. The molecule has 0 bridgehead atoms. The third kappa shape index (κ3) is 4.53. The van der Waals surface area contributed by atoms with Gasteiger partial charge in [0, 0.05) is 31.6 Å². The molecule has 0 aliphatic carbocycles. The minimum absolute atomic E-state index is 0.371. The van der Waals surface area contributed by atoms with Crippen LogP contribution in [0.2, 0.25) is 0 Å². The molecule has 20 heavy (non-hydrogen) atoms. The average Bonchev–Trinajstić information content (AvgIpc) is 2.78. The predicted molar refractivity (Wildman–Crippen MR) is 82.7 cm³/mol. The van der Waals surface area contributed by atoms with Crippen LogP contribution in [0.4, 0.5) is 0 Å². The SMILES string of the molecule is CCNCc1sc(S(=O)(=O)N(C)CCOCC)cc1C. The van der Waals surface area contributed by atoms with Gasteiger partial charge in [0.2, 0.25) is 0 Å². The minimum Gasteiger partial charge on any atom is -0.380 e. The van der Waals surface area contributed by atoms with Gasteiger partial charge >= 0.3 is 0 Å². The molecule has 5 nitrogen and oxygen atoms in total. The van der Waals surface area contributed by atoms with Gasteiger partial charge in [-0.1, -0.05) is 6.92 Å². The van der Waals surface area contributed by atoms with Crippen molar-refractivity contribution in [3.05, 3.63) is 16.5 Å². The second-order valence-corrected chi connectivity index (χ2v) is 7.88. The highest BCUT2D eigenvalue weighted by Crippen LogP contribution is 2.27. The number of ether oxygens (including phenoxy) is 1. The Morgan fingerprint density at radius 3 is 2.70 bits per heavy atom. The number of aryl methyl sites for hydroxylation is 1. The molecule has 0 fully saturated rings. The van der Waals surface area contributed by atoms with Crippen LogP contribution < -0.4 is 5.32 Å². The molecule has 0 aromatic carbocycles. The van der Waals surface area contributed by atoms with Crippen LogP contribution in [0.15, 0.2) is 10.3 Å². The molecule has 7 heteroatoms. The summed E-state index contributed by atoms with van der Waals surface area (Å²) >= 11 is 1.34. The molecule has 1 aromatic rings. The maximum absolute atomic E-state index is 12.4. The van der Waals surface area contributed by atoms with Crippen LogP contribution in [0.3, 0.4) is 0 Å². The molecule has 1 N–H and O–H groups in total. The average molecular weight is 320 g/mol. The standard InChI is InChI=1S/C13H24N2O3S2/c1-5-14-10-12-11(3)9-13(19-12)20(16,17)15(4)7-8-18-6-2/h9,14H,5-8,10H2,1-4H3. The van der Waals surface area contributed by atoms with Crippen molar-refractivity contribution in [2.75, 3.05) is 33.4 Å². The van der Waals surface area contributed by atoms with Crippen LogP contribution in [0.1, 0.15) is 24.3 Å². The molecule has 1 aromatic heterocycles. The molecule has 0 unspecified atom stereocenters. The van der Waals surface area contributed by atoms with Gasteiger partial charge in [-0.25, -0.2) is 8.42 Å². The minimum atomic E-state index is -3.40. The van der Waals surface area contributed by atoms with Gasteiger partial charge in [0.15, 0.2) is 0 Å². The Kier molecular flexibility index (Phi) is 7.11. The van der Waals surface area contributed by atoms with Gasteiger partial charge in [0.05, 0.1) is 6.61 Å². The normalized spacial score (nSPS) is 12.2. The Labute approximate surface area is 126 Å². The summed E-state index contributed by atoms with van der Waals surface area (Å²) in [7, 11) is -1.81. The van der Waals surface area contributed by atoms with Crippen molar-refractivity contribution in [3.63, 3.8) is 0 Å². The zero-order valence-corrected chi connectivity index (χ0v) is 14.2. The molecular formula is C13H24N2O3S2. The lowest BCUT2D eigenvalue weighted by Crippen LogP contribution is -2.29. The second-order valence-electron chi connectivity index (χ2n) is 4.48. The topological polar surface area (TPSA) is 58.6 Å².